The Labute approximate surface area is 152 Å². The monoisotopic (exact) mass is 372 g/mol. The van der Waals surface area contributed by atoms with Gasteiger partial charge in [-0.05, 0) is 11.8 Å². The Bertz CT molecular complexity index is 543. The van der Waals surface area contributed by atoms with Gasteiger partial charge in [-0.25, -0.2) is 0 Å². The predicted octanol–water partition coefficient (Wildman–Crippen LogP) is 3.69. The average molecular weight is 373 g/mol. The first-order valence-electron chi connectivity index (χ1n) is 7.47. The highest BCUT2D eigenvalue weighted by atomic mass is 32.2. The van der Waals surface area contributed by atoms with Gasteiger partial charge in [0.15, 0.2) is 0 Å². The SMILES string of the molecule is CC(C)[C@H](S)C(=O)O.CC(C)[C@H](SC(=O)c1ccccc1)C(=O)O. The lowest BCUT2D eigenvalue weighted by molar-refractivity contribution is -0.138. The van der Waals surface area contributed by atoms with Crippen molar-refractivity contribution in [2.24, 2.45) is 11.8 Å². The van der Waals surface area contributed by atoms with Crippen molar-refractivity contribution in [3.63, 3.8) is 0 Å². The van der Waals surface area contributed by atoms with Crippen molar-refractivity contribution in [2.75, 3.05) is 0 Å². The van der Waals surface area contributed by atoms with Crippen molar-refractivity contribution < 1.29 is 24.6 Å². The maximum Gasteiger partial charge on any atom is 0.317 e. The van der Waals surface area contributed by atoms with Crippen LogP contribution in [0.1, 0.15) is 38.1 Å². The van der Waals surface area contributed by atoms with E-state index in [2.05, 4.69) is 12.6 Å². The van der Waals surface area contributed by atoms with Crippen LogP contribution in [0.4, 0.5) is 0 Å². The average Bonchev–Trinajstić information content (AvgIpc) is 2.52. The summed E-state index contributed by atoms with van der Waals surface area (Å²) in [5.74, 6) is -1.75. The second kappa shape index (κ2) is 11.1. The summed E-state index contributed by atoms with van der Waals surface area (Å²) in [6.07, 6.45) is 0. The summed E-state index contributed by atoms with van der Waals surface area (Å²) in [5.41, 5.74) is 0.541. The number of carbonyl (C=O) groups excluding carboxylic acids is 1. The molecule has 0 radical (unpaired) electrons. The van der Waals surface area contributed by atoms with E-state index in [1.54, 1.807) is 38.1 Å². The molecular formula is C17H24O5S2. The van der Waals surface area contributed by atoms with Gasteiger partial charge in [0, 0.05) is 5.56 Å². The zero-order chi connectivity index (χ0) is 18.9. The van der Waals surface area contributed by atoms with E-state index < -0.39 is 22.4 Å². The molecule has 0 aliphatic heterocycles. The standard InChI is InChI=1S/C12H14O3S.C5H10O2S/c1-8(2)10(11(13)14)16-12(15)9-6-4-3-5-7-9;1-3(2)4(8)5(6)7/h3-8,10H,1-2H3,(H,13,14);3-4,8H,1-2H3,(H,6,7)/t10-;4-/m00/s1. The van der Waals surface area contributed by atoms with Gasteiger partial charge in [-0.2, -0.15) is 12.6 Å². The second-order valence-electron chi connectivity index (χ2n) is 5.80. The van der Waals surface area contributed by atoms with Crippen LogP contribution in [0.15, 0.2) is 30.3 Å². The first-order valence-corrected chi connectivity index (χ1v) is 8.87. The highest BCUT2D eigenvalue weighted by Gasteiger charge is 2.25. The summed E-state index contributed by atoms with van der Waals surface area (Å²) >= 11 is 4.70. The van der Waals surface area contributed by atoms with Crippen molar-refractivity contribution in [1.29, 1.82) is 0 Å². The molecule has 0 spiro atoms. The molecule has 0 saturated heterocycles. The summed E-state index contributed by atoms with van der Waals surface area (Å²) in [5, 5.41) is 15.8. The molecule has 0 aliphatic rings. The molecule has 0 amide bonds. The third-order valence-corrected chi connectivity index (χ3v) is 5.24. The van der Waals surface area contributed by atoms with E-state index >= 15 is 0 Å². The van der Waals surface area contributed by atoms with Crippen LogP contribution in [0.25, 0.3) is 0 Å². The molecule has 0 fully saturated rings. The number of aliphatic carboxylic acids is 2. The van der Waals surface area contributed by atoms with Gasteiger partial charge < -0.3 is 10.2 Å². The minimum atomic E-state index is -0.940. The molecule has 0 unspecified atom stereocenters. The summed E-state index contributed by atoms with van der Waals surface area (Å²) < 4.78 is 0. The number of carboxylic acid groups (broad SMARTS) is 2. The molecular weight excluding hydrogens is 348 g/mol. The van der Waals surface area contributed by atoms with Crippen LogP contribution in [0.3, 0.4) is 0 Å². The van der Waals surface area contributed by atoms with Crippen LogP contribution >= 0.6 is 24.4 Å². The Morgan fingerprint density at radius 3 is 1.71 bits per heavy atom. The van der Waals surface area contributed by atoms with Crippen LogP contribution in [-0.4, -0.2) is 37.8 Å². The molecule has 7 heteroatoms. The Balaban J connectivity index is 0.000000561. The Hall–Kier alpha value is -1.47. The van der Waals surface area contributed by atoms with Crippen LogP contribution < -0.4 is 0 Å². The number of carboxylic acids is 2. The molecule has 2 atom stereocenters. The minimum absolute atomic E-state index is 0.0739. The summed E-state index contributed by atoms with van der Waals surface area (Å²) in [4.78, 5) is 32.8. The molecule has 2 N–H and O–H groups in total. The fourth-order valence-electron chi connectivity index (χ4n) is 1.51. The molecule has 0 aromatic heterocycles. The van der Waals surface area contributed by atoms with E-state index in [1.165, 1.54) is 0 Å². The molecule has 1 aromatic rings. The molecule has 0 aliphatic carbocycles. The van der Waals surface area contributed by atoms with E-state index in [1.807, 2.05) is 19.9 Å². The smallest absolute Gasteiger partial charge is 0.317 e. The van der Waals surface area contributed by atoms with Crippen molar-refractivity contribution in [1.82, 2.24) is 0 Å². The van der Waals surface area contributed by atoms with Gasteiger partial charge in [0.25, 0.3) is 0 Å². The number of benzene rings is 1. The topological polar surface area (TPSA) is 91.7 Å². The molecule has 134 valence electrons. The lowest BCUT2D eigenvalue weighted by Gasteiger charge is -2.14. The van der Waals surface area contributed by atoms with Crippen LogP contribution in [0, 0.1) is 11.8 Å². The Morgan fingerprint density at radius 2 is 1.42 bits per heavy atom. The van der Waals surface area contributed by atoms with E-state index in [9.17, 15) is 14.4 Å². The molecule has 5 nitrogen and oxygen atoms in total. The zero-order valence-electron chi connectivity index (χ0n) is 14.2. The Morgan fingerprint density at radius 1 is 0.917 bits per heavy atom. The second-order valence-corrected chi connectivity index (χ2v) is 7.47. The van der Waals surface area contributed by atoms with Gasteiger partial charge in [-0.3, -0.25) is 14.4 Å². The fraction of sp³-hybridized carbons (Fsp3) is 0.471. The van der Waals surface area contributed by atoms with E-state index in [0.29, 0.717) is 5.56 Å². The number of thiol groups is 1. The molecule has 0 heterocycles. The van der Waals surface area contributed by atoms with E-state index in [4.69, 9.17) is 10.2 Å². The third-order valence-electron chi connectivity index (χ3n) is 2.98. The van der Waals surface area contributed by atoms with Gasteiger partial charge >= 0.3 is 11.9 Å². The quantitative estimate of drug-likeness (QED) is 0.660. The van der Waals surface area contributed by atoms with E-state index in [0.717, 1.165) is 11.8 Å². The van der Waals surface area contributed by atoms with Crippen LogP contribution in [0.2, 0.25) is 0 Å². The predicted molar refractivity (Wildman–Crippen MR) is 99.9 cm³/mol. The third kappa shape index (κ3) is 8.40. The molecule has 24 heavy (non-hydrogen) atoms. The maximum absolute atomic E-state index is 11.8. The fourth-order valence-corrected chi connectivity index (χ4v) is 2.39. The van der Waals surface area contributed by atoms with Crippen molar-refractivity contribution in [3.05, 3.63) is 35.9 Å². The number of hydrogen-bond acceptors (Lipinski definition) is 5. The van der Waals surface area contributed by atoms with Gasteiger partial charge in [0.1, 0.15) is 10.5 Å². The van der Waals surface area contributed by atoms with Crippen molar-refractivity contribution >= 4 is 41.4 Å². The lowest BCUT2D eigenvalue weighted by atomic mass is 10.1. The van der Waals surface area contributed by atoms with Crippen molar-refractivity contribution in [2.45, 2.75) is 38.2 Å². The largest absolute Gasteiger partial charge is 0.480 e. The first-order chi connectivity index (χ1) is 11.1. The summed E-state index contributed by atoms with van der Waals surface area (Å²) in [7, 11) is 0. The minimum Gasteiger partial charge on any atom is -0.480 e. The van der Waals surface area contributed by atoms with Gasteiger partial charge in [-0.1, -0.05) is 69.8 Å². The first kappa shape index (κ1) is 22.5. The molecule has 1 rings (SSSR count). The summed E-state index contributed by atoms with van der Waals surface area (Å²) in [6.45, 7) is 7.24. The van der Waals surface area contributed by atoms with Crippen LogP contribution in [0.5, 0.6) is 0 Å². The number of hydrogen-bond donors (Lipinski definition) is 3. The number of rotatable bonds is 6. The van der Waals surface area contributed by atoms with Gasteiger partial charge in [0.05, 0.1) is 0 Å². The molecule has 0 bridgehead atoms. The molecule has 0 saturated carbocycles. The number of carbonyl (C=O) groups is 3. The van der Waals surface area contributed by atoms with Gasteiger partial charge in [0.2, 0.25) is 5.12 Å². The zero-order valence-corrected chi connectivity index (χ0v) is 15.9. The maximum atomic E-state index is 11.8. The summed E-state index contributed by atoms with van der Waals surface area (Å²) in [6, 6.07) is 8.72. The molecule has 1 aromatic carbocycles. The van der Waals surface area contributed by atoms with E-state index in [-0.39, 0.29) is 17.0 Å². The number of thioether (sulfide) groups is 1. The highest BCUT2D eigenvalue weighted by molar-refractivity contribution is 8.15. The van der Waals surface area contributed by atoms with Crippen LogP contribution in [-0.2, 0) is 9.59 Å². The lowest BCUT2D eigenvalue weighted by Crippen LogP contribution is -2.24. The highest BCUT2D eigenvalue weighted by Crippen LogP contribution is 2.23. The Kier molecular flexibility index (Phi) is 10.5. The van der Waals surface area contributed by atoms with Gasteiger partial charge in [-0.15, -0.1) is 0 Å². The van der Waals surface area contributed by atoms with Crippen molar-refractivity contribution in [3.8, 4) is 0 Å². The normalized spacial score (nSPS) is 13.0.